The van der Waals surface area contributed by atoms with E-state index in [0.29, 0.717) is 11.8 Å². The van der Waals surface area contributed by atoms with Crippen LogP contribution in [0.4, 0.5) is 0 Å². The fraction of sp³-hybridized carbons (Fsp3) is 0.875. The standard InChI is InChI=1S/C8H15BrO4S/c1-3-13-7(10)8(2,4-5-9)6-14(11)12/h3-6H2,1-2H3,(H,11,12)/p-1. The van der Waals surface area contributed by atoms with Gasteiger partial charge in [0.05, 0.1) is 12.0 Å². The van der Waals surface area contributed by atoms with Gasteiger partial charge in [0.1, 0.15) is 0 Å². The molecule has 0 rings (SSSR count). The maximum Gasteiger partial charge on any atom is 0.312 e. The molecule has 0 N–H and O–H groups in total. The van der Waals surface area contributed by atoms with Crippen LogP contribution in [0.25, 0.3) is 0 Å². The predicted molar refractivity (Wildman–Crippen MR) is 56.9 cm³/mol. The first-order valence-electron chi connectivity index (χ1n) is 4.25. The van der Waals surface area contributed by atoms with Crippen LogP contribution in [0.3, 0.4) is 0 Å². The maximum atomic E-state index is 11.5. The van der Waals surface area contributed by atoms with E-state index >= 15 is 0 Å². The maximum absolute atomic E-state index is 11.5. The Morgan fingerprint density at radius 1 is 1.64 bits per heavy atom. The SMILES string of the molecule is CCOC(=O)C(C)(CCBr)CS(=O)[O-]. The van der Waals surface area contributed by atoms with Gasteiger partial charge in [-0.15, -0.1) is 0 Å². The lowest BCUT2D eigenvalue weighted by Gasteiger charge is -2.27. The Kier molecular flexibility index (Phi) is 6.55. The van der Waals surface area contributed by atoms with E-state index in [-0.39, 0.29) is 12.4 Å². The van der Waals surface area contributed by atoms with E-state index in [9.17, 15) is 13.6 Å². The smallest absolute Gasteiger partial charge is 0.312 e. The van der Waals surface area contributed by atoms with Gasteiger partial charge < -0.3 is 9.29 Å². The molecule has 6 heteroatoms. The minimum atomic E-state index is -2.23. The Bertz CT molecular complexity index is 221. The number of carbonyl (C=O) groups excluding carboxylic acids is 1. The molecule has 0 heterocycles. The minimum absolute atomic E-state index is 0.197. The fourth-order valence-electron chi connectivity index (χ4n) is 1.01. The summed E-state index contributed by atoms with van der Waals surface area (Å²) in [5.41, 5.74) is -0.938. The molecule has 14 heavy (non-hydrogen) atoms. The summed E-state index contributed by atoms with van der Waals surface area (Å²) in [6.45, 7) is 3.56. The molecule has 0 bridgehead atoms. The zero-order valence-electron chi connectivity index (χ0n) is 8.25. The van der Waals surface area contributed by atoms with Crippen molar-refractivity contribution < 1.29 is 18.3 Å². The van der Waals surface area contributed by atoms with Crippen LogP contribution in [-0.4, -0.2) is 32.4 Å². The van der Waals surface area contributed by atoms with Gasteiger partial charge in [-0.3, -0.25) is 9.00 Å². The third-order valence-corrected chi connectivity index (χ3v) is 3.12. The summed E-state index contributed by atoms with van der Waals surface area (Å²) in [6, 6.07) is 0. The Morgan fingerprint density at radius 3 is 2.57 bits per heavy atom. The van der Waals surface area contributed by atoms with E-state index in [1.807, 2.05) is 0 Å². The average Bonchev–Trinajstić information content (AvgIpc) is 2.03. The van der Waals surface area contributed by atoms with Gasteiger partial charge in [-0.1, -0.05) is 27.0 Å². The molecule has 0 aromatic carbocycles. The van der Waals surface area contributed by atoms with E-state index in [1.54, 1.807) is 13.8 Å². The van der Waals surface area contributed by atoms with Gasteiger partial charge in [0.25, 0.3) is 0 Å². The largest absolute Gasteiger partial charge is 0.772 e. The molecule has 0 aliphatic rings. The van der Waals surface area contributed by atoms with Gasteiger partial charge >= 0.3 is 5.97 Å². The third-order valence-electron chi connectivity index (χ3n) is 1.85. The summed E-state index contributed by atoms with van der Waals surface area (Å²) in [5.74, 6) is -0.652. The molecule has 2 atom stereocenters. The summed E-state index contributed by atoms with van der Waals surface area (Å²) in [5, 5.41) is 0.569. The van der Waals surface area contributed by atoms with Crippen molar-refractivity contribution in [3.05, 3.63) is 0 Å². The number of carbonyl (C=O) groups is 1. The van der Waals surface area contributed by atoms with Crippen molar-refractivity contribution in [2.75, 3.05) is 17.7 Å². The second-order valence-corrected chi connectivity index (χ2v) is 4.86. The van der Waals surface area contributed by atoms with Gasteiger partial charge in [0, 0.05) is 11.1 Å². The first kappa shape index (κ1) is 14.1. The summed E-state index contributed by atoms with van der Waals surface area (Å²) >= 11 is 0.953. The second-order valence-electron chi connectivity index (χ2n) is 3.17. The molecule has 0 aliphatic heterocycles. The highest BCUT2D eigenvalue weighted by Gasteiger charge is 2.34. The lowest BCUT2D eigenvalue weighted by molar-refractivity contribution is -0.153. The molecule has 0 saturated heterocycles. The fourth-order valence-corrected chi connectivity index (χ4v) is 2.66. The molecule has 0 amide bonds. The van der Waals surface area contributed by atoms with Gasteiger partial charge in [-0.05, 0) is 20.3 Å². The molecule has 0 aromatic rings. The molecule has 4 nitrogen and oxygen atoms in total. The average molecular weight is 286 g/mol. The van der Waals surface area contributed by atoms with Crippen LogP contribution < -0.4 is 0 Å². The Balaban J connectivity index is 4.51. The molecule has 0 fully saturated rings. The zero-order valence-corrected chi connectivity index (χ0v) is 10.7. The lowest BCUT2D eigenvalue weighted by Crippen LogP contribution is -2.35. The Morgan fingerprint density at radius 2 is 2.21 bits per heavy atom. The number of esters is 1. The molecular weight excluding hydrogens is 272 g/mol. The second kappa shape index (κ2) is 6.53. The number of halogens is 1. The van der Waals surface area contributed by atoms with E-state index in [4.69, 9.17) is 4.74 Å². The number of hydrogen-bond donors (Lipinski definition) is 0. The van der Waals surface area contributed by atoms with E-state index < -0.39 is 22.5 Å². The van der Waals surface area contributed by atoms with Crippen LogP contribution in [0.5, 0.6) is 0 Å². The van der Waals surface area contributed by atoms with Crippen molar-refractivity contribution in [1.29, 1.82) is 0 Å². The topological polar surface area (TPSA) is 66.4 Å². The number of hydrogen-bond acceptors (Lipinski definition) is 4. The van der Waals surface area contributed by atoms with E-state index in [0.717, 1.165) is 0 Å². The van der Waals surface area contributed by atoms with Crippen LogP contribution in [0, 0.1) is 5.41 Å². The third kappa shape index (κ3) is 4.52. The summed E-state index contributed by atoms with van der Waals surface area (Å²) < 4.78 is 26.0. The van der Waals surface area contributed by atoms with Crippen LogP contribution >= 0.6 is 15.9 Å². The molecule has 0 spiro atoms. The Labute approximate surface area is 94.8 Å². The first-order chi connectivity index (χ1) is 6.46. The molecule has 2 unspecified atom stereocenters. The van der Waals surface area contributed by atoms with Crippen molar-refractivity contribution in [3.63, 3.8) is 0 Å². The Hall–Kier alpha value is 0.0600. The summed E-state index contributed by atoms with van der Waals surface area (Å²) in [6.07, 6.45) is 0.444. The molecule has 0 saturated carbocycles. The highest BCUT2D eigenvalue weighted by atomic mass is 79.9. The monoisotopic (exact) mass is 285 g/mol. The highest BCUT2D eigenvalue weighted by molar-refractivity contribution is 9.09. The number of ether oxygens (including phenoxy) is 1. The number of alkyl halides is 1. The minimum Gasteiger partial charge on any atom is -0.772 e. The van der Waals surface area contributed by atoms with E-state index in [2.05, 4.69) is 15.9 Å². The van der Waals surface area contributed by atoms with Crippen LogP contribution in [0.1, 0.15) is 20.3 Å². The van der Waals surface area contributed by atoms with E-state index in [1.165, 1.54) is 0 Å². The molecule has 84 valence electrons. The van der Waals surface area contributed by atoms with Crippen LogP contribution in [0.2, 0.25) is 0 Å². The quantitative estimate of drug-likeness (QED) is 0.418. The van der Waals surface area contributed by atoms with Crippen molar-refractivity contribution in [1.82, 2.24) is 0 Å². The lowest BCUT2D eigenvalue weighted by atomic mass is 9.90. The van der Waals surface area contributed by atoms with Crippen molar-refractivity contribution in [3.8, 4) is 0 Å². The molecular formula is C8H14BrO4S-. The molecule has 0 aromatic heterocycles. The highest BCUT2D eigenvalue weighted by Crippen LogP contribution is 2.25. The van der Waals surface area contributed by atoms with Gasteiger partial charge in [-0.25, -0.2) is 0 Å². The van der Waals surface area contributed by atoms with Crippen molar-refractivity contribution in [2.45, 2.75) is 20.3 Å². The molecule has 0 aliphatic carbocycles. The molecule has 0 radical (unpaired) electrons. The van der Waals surface area contributed by atoms with Crippen molar-refractivity contribution >= 4 is 33.0 Å². The van der Waals surface area contributed by atoms with Gasteiger partial charge in [0.2, 0.25) is 0 Å². The van der Waals surface area contributed by atoms with Crippen molar-refractivity contribution in [2.24, 2.45) is 5.41 Å². The number of rotatable bonds is 6. The normalized spacial score (nSPS) is 17.1. The van der Waals surface area contributed by atoms with Crippen LogP contribution in [0.15, 0.2) is 0 Å². The first-order valence-corrected chi connectivity index (χ1v) is 6.62. The van der Waals surface area contributed by atoms with Crippen LogP contribution in [-0.2, 0) is 20.6 Å². The summed E-state index contributed by atoms with van der Waals surface area (Å²) in [4.78, 5) is 11.5. The van der Waals surface area contributed by atoms with Gasteiger partial charge in [0.15, 0.2) is 0 Å². The zero-order chi connectivity index (χ0) is 11.2. The predicted octanol–water partition coefficient (Wildman–Crippen LogP) is 1.22. The van der Waals surface area contributed by atoms with Gasteiger partial charge in [-0.2, -0.15) is 0 Å². The summed E-state index contributed by atoms with van der Waals surface area (Å²) in [7, 11) is 0.